The van der Waals surface area contributed by atoms with E-state index in [0.29, 0.717) is 13.0 Å². The van der Waals surface area contributed by atoms with Gasteiger partial charge in [0.05, 0.1) is 6.04 Å². The van der Waals surface area contributed by atoms with Crippen LogP contribution in [0.25, 0.3) is 0 Å². The largest absolute Gasteiger partial charge is 0.481 e. The average molecular weight is 269 g/mol. The van der Waals surface area contributed by atoms with E-state index in [2.05, 4.69) is 11.8 Å². The Morgan fingerprint density at radius 2 is 2.00 bits per heavy atom. The Balaban J connectivity index is 0.00000289. The first-order chi connectivity index (χ1) is 8.13. The van der Waals surface area contributed by atoms with Crippen LogP contribution >= 0.6 is 12.4 Å². The molecule has 98 valence electrons. The van der Waals surface area contributed by atoms with Crippen LogP contribution in [0.15, 0.2) is 24.3 Å². The van der Waals surface area contributed by atoms with Crippen LogP contribution in [0.3, 0.4) is 0 Å². The lowest BCUT2D eigenvalue weighted by Gasteiger charge is -2.08. The van der Waals surface area contributed by atoms with E-state index in [0.717, 1.165) is 11.3 Å². The van der Waals surface area contributed by atoms with Crippen molar-refractivity contribution in [3.05, 3.63) is 29.8 Å². The maximum Gasteiger partial charge on any atom is 0.234 e. The van der Waals surface area contributed by atoms with Gasteiger partial charge in [-0.05, 0) is 31.0 Å². The monoisotopic (exact) mass is 268 g/mol. The van der Waals surface area contributed by atoms with Gasteiger partial charge in [-0.1, -0.05) is 18.1 Å². The number of hydrogen-bond acceptors (Lipinski definition) is 3. The highest BCUT2D eigenvalue weighted by Crippen LogP contribution is 2.12. The summed E-state index contributed by atoms with van der Waals surface area (Å²) in [5, 5.41) is 0. The Labute approximate surface area is 113 Å². The normalized spacial score (nSPS) is 10.6. The zero-order valence-corrected chi connectivity index (χ0v) is 11.0. The van der Waals surface area contributed by atoms with Gasteiger partial charge in [-0.15, -0.1) is 18.3 Å². The molecule has 0 aromatic heterocycles. The highest BCUT2D eigenvalue weighted by Gasteiger charge is 2.09. The summed E-state index contributed by atoms with van der Waals surface area (Å²) in [7, 11) is 0. The number of carbonyl (C=O) groups is 1. The third kappa shape index (κ3) is 5.58. The molecular weight excluding hydrogens is 252 g/mol. The van der Waals surface area contributed by atoms with E-state index in [1.165, 1.54) is 0 Å². The fourth-order valence-corrected chi connectivity index (χ4v) is 1.27. The Kier molecular flexibility index (Phi) is 7.61. The first kappa shape index (κ1) is 16.3. The van der Waals surface area contributed by atoms with Gasteiger partial charge < -0.3 is 16.2 Å². The minimum atomic E-state index is -0.646. The van der Waals surface area contributed by atoms with Crippen molar-refractivity contribution < 1.29 is 9.53 Å². The molecule has 0 saturated carbocycles. The molecule has 0 bridgehead atoms. The van der Waals surface area contributed by atoms with Crippen molar-refractivity contribution >= 4 is 18.3 Å². The van der Waals surface area contributed by atoms with Crippen LogP contribution in [0.1, 0.15) is 12.5 Å². The minimum absolute atomic E-state index is 0. The van der Waals surface area contributed by atoms with Crippen LogP contribution < -0.4 is 16.2 Å². The Bertz CT molecular complexity index is 435. The summed E-state index contributed by atoms with van der Waals surface area (Å²) < 4.78 is 5.36. The number of amides is 1. The number of carbonyl (C=O) groups excluding carboxylic acids is 1. The summed E-state index contributed by atoms with van der Waals surface area (Å²) in [6.07, 6.45) is 0.435. The number of hydrogen-bond donors (Lipinski definition) is 2. The number of ether oxygens (including phenoxy) is 1. The second-order valence-corrected chi connectivity index (χ2v) is 3.57. The summed E-state index contributed by atoms with van der Waals surface area (Å²) in [6.45, 7) is 2.13. The van der Waals surface area contributed by atoms with Crippen LogP contribution in [0.5, 0.6) is 5.75 Å². The predicted octanol–water partition coefficient (Wildman–Crippen LogP) is 0.866. The molecule has 5 heteroatoms. The molecular formula is C13H17ClN2O2. The molecule has 1 atom stereocenters. The third-order valence-electron chi connectivity index (χ3n) is 2.23. The molecule has 0 spiro atoms. The van der Waals surface area contributed by atoms with Crippen molar-refractivity contribution in [1.82, 2.24) is 0 Å². The van der Waals surface area contributed by atoms with E-state index in [9.17, 15) is 4.79 Å². The third-order valence-corrected chi connectivity index (χ3v) is 2.23. The van der Waals surface area contributed by atoms with Gasteiger partial charge in [0, 0.05) is 0 Å². The number of halogens is 1. The van der Waals surface area contributed by atoms with Crippen molar-refractivity contribution in [2.75, 3.05) is 6.61 Å². The predicted molar refractivity (Wildman–Crippen MR) is 73.5 cm³/mol. The molecule has 0 heterocycles. The van der Waals surface area contributed by atoms with Crippen molar-refractivity contribution in [1.29, 1.82) is 0 Å². The molecule has 0 saturated heterocycles. The fourth-order valence-electron chi connectivity index (χ4n) is 1.27. The average Bonchev–Trinajstić information content (AvgIpc) is 2.31. The van der Waals surface area contributed by atoms with E-state index in [-0.39, 0.29) is 12.4 Å². The molecule has 4 nitrogen and oxygen atoms in total. The van der Waals surface area contributed by atoms with Crippen LogP contribution in [-0.2, 0) is 11.2 Å². The molecule has 0 aliphatic carbocycles. The molecule has 1 amide bonds. The first-order valence-electron chi connectivity index (χ1n) is 5.29. The molecule has 0 aliphatic rings. The number of primary amides is 1. The zero-order chi connectivity index (χ0) is 12.7. The van der Waals surface area contributed by atoms with Crippen LogP contribution in [0.4, 0.5) is 0 Å². The van der Waals surface area contributed by atoms with Crippen molar-refractivity contribution in [2.24, 2.45) is 11.5 Å². The lowest BCUT2D eigenvalue weighted by atomic mass is 10.1. The molecule has 1 aromatic rings. The Morgan fingerprint density at radius 1 is 1.39 bits per heavy atom. The second kappa shape index (κ2) is 8.40. The highest BCUT2D eigenvalue weighted by molar-refractivity contribution is 5.85. The van der Waals surface area contributed by atoms with Gasteiger partial charge in [-0.3, -0.25) is 4.79 Å². The summed E-state index contributed by atoms with van der Waals surface area (Å²) >= 11 is 0. The summed E-state index contributed by atoms with van der Waals surface area (Å²) in [4.78, 5) is 10.8. The zero-order valence-electron chi connectivity index (χ0n) is 10.2. The van der Waals surface area contributed by atoms with E-state index < -0.39 is 11.9 Å². The minimum Gasteiger partial charge on any atom is -0.481 e. The Morgan fingerprint density at radius 3 is 2.50 bits per heavy atom. The van der Waals surface area contributed by atoms with E-state index in [1.54, 1.807) is 6.92 Å². The smallest absolute Gasteiger partial charge is 0.234 e. The summed E-state index contributed by atoms with van der Waals surface area (Å²) in [6, 6.07) is 6.71. The topological polar surface area (TPSA) is 78.3 Å². The van der Waals surface area contributed by atoms with Crippen molar-refractivity contribution in [3.63, 3.8) is 0 Å². The van der Waals surface area contributed by atoms with Gasteiger partial charge in [0.25, 0.3) is 0 Å². The second-order valence-electron chi connectivity index (χ2n) is 3.57. The fraction of sp³-hybridized carbons (Fsp3) is 0.308. The van der Waals surface area contributed by atoms with Gasteiger partial charge in [-0.25, -0.2) is 0 Å². The number of nitrogens with two attached hydrogens (primary N) is 2. The Hall–Kier alpha value is -1.70. The maximum atomic E-state index is 10.8. The maximum absolute atomic E-state index is 10.8. The lowest BCUT2D eigenvalue weighted by molar-refractivity contribution is -0.119. The highest BCUT2D eigenvalue weighted by atomic mass is 35.5. The molecule has 1 rings (SSSR count). The van der Waals surface area contributed by atoms with Crippen molar-refractivity contribution in [3.8, 4) is 17.6 Å². The molecule has 1 aromatic carbocycles. The molecule has 1 unspecified atom stereocenters. The van der Waals surface area contributed by atoms with Gasteiger partial charge in [0.2, 0.25) is 5.91 Å². The van der Waals surface area contributed by atoms with Gasteiger partial charge in [0.15, 0.2) is 0 Å². The lowest BCUT2D eigenvalue weighted by Crippen LogP contribution is -2.38. The molecule has 18 heavy (non-hydrogen) atoms. The van der Waals surface area contributed by atoms with Crippen LogP contribution in [0, 0.1) is 11.8 Å². The van der Waals surface area contributed by atoms with Crippen molar-refractivity contribution in [2.45, 2.75) is 19.4 Å². The van der Waals surface area contributed by atoms with Gasteiger partial charge >= 0.3 is 0 Å². The standard InChI is InChI=1S/C13H16N2O2.ClH/c1-2-3-8-17-11-6-4-10(5-7-11)9-12(14)13(15)16;/h4-7,12H,8-9,14H2,1H3,(H2,15,16);1H. The van der Waals surface area contributed by atoms with Crippen LogP contribution in [-0.4, -0.2) is 18.6 Å². The van der Waals surface area contributed by atoms with Gasteiger partial charge in [0.1, 0.15) is 12.4 Å². The molecule has 0 aliphatic heterocycles. The van der Waals surface area contributed by atoms with Crippen LogP contribution in [0.2, 0.25) is 0 Å². The van der Waals surface area contributed by atoms with E-state index in [1.807, 2.05) is 24.3 Å². The summed E-state index contributed by atoms with van der Waals surface area (Å²) in [5.74, 6) is 5.79. The molecule has 4 N–H and O–H groups in total. The first-order valence-corrected chi connectivity index (χ1v) is 5.29. The van der Waals surface area contributed by atoms with Gasteiger partial charge in [-0.2, -0.15) is 0 Å². The SMILES string of the molecule is CC#CCOc1ccc(CC(N)C(N)=O)cc1.Cl. The summed E-state index contributed by atoms with van der Waals surface area (Å²) in [5.41, 5.74) is 11.6. The van der Waals surface area contributed by atoms with E-state index >= 15 is 0 Å². The quantitative estimate of drug-likeness (QED) is 0.778. The number of rotatable bonds is 5. The molecule has 0 fully saturated rings. The van der Waals surface area contributed by atoms with E-state index in [4.69, 9.17) is 16.2 Å². The molecule has 0 radical (unpaired) electrons. The number of benzene rings is 1.